The maximum Gasteiger partial charge on any atom is 0.303 e. The zero-order valence-electron chi connectivity index (χ0n) is 14.8. The Morgan fingerprint density at radius 2 is 1.85 bits per heavy atom. The van der Waals surface area contributed by atoms with Crippen LogP contribution in [0.2, 0.25) is 0 Å². The Balaban J connectivity index is 1.65. The fourth-order valence-electron chi connectivity index (χ4n) is 2.87. The second kappa shape index (κ2) is 7.90. The van der Waals surface area contributed by atoms with E-state index in [0.29, 0.717) is 23.5 Å². The third kappa shape index (κ3) is 4.44. The Bertz CT molecular complexity index is 863. The highest BCUT2D eigenvalue weighted by Gasteiger charge is 2.32. The first-order chi connectivity index (χ1) is 12.9. The fraction of sp³-hybridized carbons (Fsp3) is 0.250. The van der Waals surface area contributed by atoms with E-state index in [-0.39, 0.29) is 24.8 Å². The minimum Gasteiger partial charge on any atom is -0.481 e. The number of carbonyl (C=O) groups is 3. The van der Waals surface area contributed by atoms with Crippen molar-refractivity contribution in [2.45, 2.75) is 25.9 Å². The van der Waals surface area contributed by atoms with Crippen molar-refractivity contribution < 1.29 is 24.2 Å². The number of anilines is 2. The van der Waals surface area contributed by atoms with Crippen LogP contribution in [0.15, 0.2) is 48.5 Å². The minimum absolute atomic E-state index is 0.0580. The normalized spacial score (nSPS) is 15.7. The summed E-state index contributed by atoms with van der Waals surface area (Å²) in [5, 5.41) is 11.5. The molecule has 0 saturated carbocycles. The Kier molecular flexibility index (Phi) is 5.40. The molecule has 0 saturated heterocycles. The van der Waals surface area contributed by atoms with Gasteiger partial charge < -0.3 is 15.2 Å². The zero-order chi connectivity index (χ0) is 19.4. The lowest BCUT2D eigenvalue weighted by atomic mass is 10.1. The van der Waals surface area contributed by atoms with Crippen molar-refractivity contribution in [1.29, 1.82) is 0 Å². The lowest BCUT2D eigenvalue weighted by molar-refractivity contribution is -0.137. The first-order valence-corrected chi connectivity index (χ1v) is 8.61. The van der Waals surface area contributed by atoms with E-state index in [9.17, 15) is 14.4 Å². The van der Waals surface area contributed by atoms with E-state index < -0.39 is 12.1 Å². The molecule has 0 aliphatic carbocycles. The van der Waals surface area contributed by atoms with Crippen molar-refractivity contribution in [2.24, 2.45) is 0 Å². The van der Waals surface area contributed by atoms with Crippen LogP contribution in [0.5, 0.6) is 5.75 Å². The third-order valence-corrected chi connectivity index (χ3v) is 4.24. The molecule has 140 valence electrons. The summed E-state index contributed by atoms with van der Waals surface area (Å²) in [6, 6.07) is 14.1. The number of amides is 2. The molecule has 1 unspecified atom stereocenters. The van der Waals surface area contributed by atoms with Gasteiger partial charge in [0.2, 0.25) is 5.91 Å². The van der Waals surface area contributed by atoms with E-state index in [1.807, 2.05) is 6.07 Å². The molecule has 7 nitrogen and oxygen atoms in total. The lowest BCUT2D eigenvalue weighted by Crippen LogP contribution is -2.47. The van der Waals surface area contributed by atoms with Crippen LogP contribution in [0.1, 0.15) is 18.9 Å². The predicted molar refractivity (Wildman–Crippen MR) is 99.9 cm³/mol. The lowest BCUT2D eigenvalue weighted by Gasteiger charge is -2.32. The van der Waals surface area contributed by atoms with Crippen molar-refractivity contribution >= 4 is 29.2 Å². The number of carbonyl (C=O) groups excluding carboxylic acids is 2. The number of hydrogen-bond acceptors (Lipinski definition) is 4. The van der Waals surface area contributed by atoms with Crippen LogP contribution >= 0.6 is 0 Å². The quantitative estimate of drug-likeness (QED) is 0.817. The van der Waals surface area contributed by atoms with Gasteiger partial charge in [-0.25, -0.2) is 0 Å². The van der Waals surface area contributed by atoms with Gasteiger partial charge in [0, 0.05) is 12.1 Å². The number of carboxylic acids is 1. The molecule has 1 aliphatic rings. The van der Waals surface area contributed by atoms with Gasteiger partial charge in [0.15, 0.2) is 6.10 Å². The molecule has 1 atom stereocenters. The molecule has 3 rings (SSSR count). The highest BCUT2D eigenvalue weighted by atomic mass is 16.5. The van der Waals surface area contributed by atoms with Crippen molar-refractivity contribution in [2.75, 3.05) is 16.8 Å². The fourth-order valence-corrected chi connectivity index (χ4v) is 2.87. The van der Waals surface area contributed by atoms with Gasteiger partial charge in [0.25, 0.3) is 5.91 Å². The number of carboxylic acid groups (broad SMARTS) is 1. The first-order valence-electron chi connectivity index (χ1n) is 8.61. The molecule has 27 heavy (non-hydrogen) atoms. The highest BCUT2D eigenvalue weighted by molar-refractivity contribution is 6.06. The molecule has 1 heterocycles. The van der Waals surface area contributed by atoms with E-state index in [2.05, 4.69) is 5.32 Å². The molecular weight excluding hydrogens is 348 g/mol. The van der Waals surface area contributed by atoms with Crippen LogP contribution < -0.4 is 15.0 Å². The summed E-state index contributed by atoms with van der Waals surface area (Å²) in [5.41, 5.74) is 2.03. The molecule has 0 fully saturated rings. The summed E-state index contributed by atoms with van der Waals surface area (Å²) in [6.45, 7) is 1.53. The molecule has 0 bridgehead atoms. The van der Waals surface area contributed by atoms with Crippen LogP contribution in [-0.4, -0.2) is 35.5 Å². The van der Waals surface area contributed by atoms with Crippen LogP contribution in [0, 0.1) is 0 Å². The van der Waals surface area contributed by atoms with Crippen molar-refractivity contribution in [1.82, 2.24) is 0 Å². The summed E-state index contributed by atoms with van der Waals surface area (Å²) < 4.78 is 5.56. The second-order valence-electron chi connectivity index (χ2n) is 6.29. The van der Waals surface area contributed by atoms with Gasteiger partial charge in [0.1, 0.15) is 12.3 Å². The molecule has 1 aliphatic heterocycles. The van der Waals surface area contributed by atoms with Gasteiger partial charge in [0.05, 0.1) is 5.69 Å². The van der Waals surface area contributed by atoms with Gasteiger partial charge in [-0.3, -0.25) is 19.3 Å². The molecule has 2 amide bonds. The number of hydrogen-bond donors (Lipinski definition) is 2. The summed E-state index contributed by atoms with van der Waals surface area (Å²) >= 11 is 0. The number of fused-ring (bicyclic) bond motifs is 1. The minimum atomic E-state index is -0.850. The number of aryl methyl sites for hydroxylation is 1. The molecule has 2 aromatic carbocycles. The molecule has 2 aromatic rings. The maximum absolute atomic E-state index is 12.4. The van der Waals surface area contributed by atoms with Crippen LogP contribution in [-0.2, 0) is 20.8 Å². The van der Waals surface area contributed by atoms with Gasteiger partial charge in [-0.1, -0.05) is 24.3 Å². The standard InChI is InChI=1S/C20H20N2O5/c1-13-20(26)22(16-4-2-3-5-17(16)27-13)12-18(23)21-15-9-6-14(7-10-15)8-11-19(24)25/h2-7,9-10,13H,8,11-12H2,1H3,(H,21,23)(H,24,25). The van der Waals surface area contributed by atoms with Crippen molar-refractivity contribution in [3.05, 3.63) is 54.1 Å². The topological polar surface area (TPSA) is 95.9 Å². The molecule has 0 aromatic heterocycles. The van der Waals surface area contributed by atoms with Crippen molar-refractivity contribution in [3.63, 3.8) is 0 Å². The predicted octanol–water partition coefficient (Wildman–Crippen LogP) is 2.46. The van der Waals surface area contributed by atoms with E-state index in [1.54, 1.807) is 49.4 Å². The van der Waals surface area contributed by atoms with Crippen LogP contribution in [0.4, 0.5) is 11.4 Å². The SMILES string of the molecule is CC1Oc2ccccc2N(CC(=O)Nc2ccc(CCC(=O)O)cc2)C1=O. The van der Waals surface area contributed by atoms with Gasteiger partial charge in [-0.2, -0.15) is 0 Å². The smallest absolute Gasteiger partial charge is 0.303 e. The number of aliphatic carboxylic acids is 1. The number of para-hydroxylation sites is 2. The molecule has 0 radical (unpaired) electrons. The Labute approximate surface area is 156 Å². The molecule has 0 spiro atoms. The highest BCUT2D eigenvalue weighted by Crippen LogP contribution is 2.33. The zero-order valence-corrected chi connectivity index (χ0v) is 14.8. The van der Waals surface area contributed by atoms with Crippen molar-refractivity contribution in [3.8, 4) is 5.75 Å². The van der Waals surface area contributed by atoms with E-state index >= 15 is 0 Å². The van der Waals surface area contributed by atoms with E-state index in [1.165, 1.54) is 4.90 Å². The monoisotopic (exact) mass is 368 g/mol. The summed E-state index contributed by atoms with van der Waals surface area (Å²) in [5.74, 6) is -0.879. The summed E-state index contributed by atoms with van der Waals surface area (Å²) in [4.78, 5) is 36.9. The largest absolute Gasteiger partial charge is 0.481 e. The number of nitrogens with zero attached hydrogens (tertiary/aromatic N) is 1. The Hall–Kier alpha value is -3.35. The van der Waals surface area contributed by atoms with Crippen LogP contribution in [0.25, 0.3) is 0 Å². The second-order valence-corrected chi connectivity index (χ2v) is 6.29. The molecular formula is C20H20N2O5. The average molecular weight is 368 g/mol. The Morgan fingerprint density at radius 1 is 1.15 bits per heavy atom. The van der Waals surface area contributed by atoms with Gasteiger partial charge in [-0.05, 0) is 43.2 Å². The van der Waals surface area contributed by atoms with Crippen LogP contribution in [0.3, 0.4) is 0 Å². The third-order valence-electron chi connectivity index (χ3n) is 4.24. The summed E-state index contributed by atoms with van der Waals surface area (Å²) in [6.07, 6.45) is -0.163. The Morgan fingerprint density at radius 3 is 2.56 bits per heavy atom. The number of nitrogens with one attached hydrogen (secondary N) is 1. The summed E-state index contributed by atoms with van der Waals surface area (Å²) in [7, 11) is 0. The van der Waals surface area contributed by atoms with Gasteiger partial charge >= 0.3 is 5.97 Å². The van der Waals surface area contributed by atoms with Gasteiger partial charge in [-0.15, -0.1) is 0 Å². The number of rotatable bonds is 6. The first kappa shape index (κ1) is 18.4. The van der Waals surface area contributed by atoms with E-state index in [4.69, 9.17) is 9.84 Å². The number of ether oxygens (including phenoxy) is 1. The average Bonchev–Trinajstić information content (AvgIpc) is 2.65. The molecule has 7 heteroatoms. The molecule has 2 N–H and O–H groups in total. The number of benzene rings is 2. The van der Waals surface area contributed by atoms with E-state index in [0.717, 1.165) is 5.56 Å². The maximum atomic E-state index is 12.4.